The topological polar surface area (TPSA) is 55.8 Å². The molecule has 0 atom stereocenters. The minimum absolute atomic E-state index is 0.113. The van der Waals surface area contributed by atoms with Crippen LogP contribution in [0.5, 0.6) is 28.7 Å². The van der Waals surface area contributed by atoms with Crippen molar-refractivity contribution in [2.24, 2.45) is 0 Å². The number of carbonyl (C=O) groups excluding carboxylic acids is 1. The standard InChI is InChI=1S/C33H34O4/c1-3-5-7-24-9-17-29(18-10-24)36-31-21-27(33(35)26-13-15-28(34)16-14-26)22-32(23-31)37-30-19-11-25(12-20-30)8-6-4-2/h9-23,34H,3-8H2,1-2H3. The second-order valence-corrected chi connectivity index (χ2v) is 9.27. The van der Waals surface area contributed by atoms with E-state index in [2.05, 4.69) is 38.1 Å². The Hall–Kier alpha value is -4.05. The smallest absolute Gasteiger partial charge is 0.193 e. The third-order valence-electron chi connectivity index (χ3n) is 6.23. The van der Waals surface area contributed by atoms with Crippen LogP contribution in [0.4, 0.5) is 0 Å². The molecule has 37 heavy (non-hydrogen) atoms. The Bertz CT molecular complexity index is 1220. The van der Waals surface area contributed by atoms with Gasteiger partial charge in [0.25, 0.3) is 0 Å². The molecule has 0 aliphatic heterocycles. The predicted octanol–water partition coefficient (Wildman–Crippen LogP) is 8.89. The Kier molecular flexibility index (Phi) is 8.98. The third kappa shape index (κ3) is 7.47. The summed E-state index contributed by atoms with van der Waals surface area (Å²) in [6.07, 6.45) is 6.71. The van der Waals surface area contributed by atoms with Crippen LogP contribution in [0.2, 0.25) is 0 Å². The zero-order valence-electron chi connectivity index (χ0n) is 21.6. The zero-order valence-corrected chi connectivity index (χ0v) is 21.6. The van der Waals surface area contributed by atoms with Crippen molar-refractivity contribution in [3.8, 4) is 28.7 Å². The largest absolute Gasteiger partial charge is 0.508 e. The van der Waals surface area contributed by atoms with Crippen molar-refractivity contribution in [2.45, 2.75) is 52.4 Å². The van der Waals surface area contributed by atoms with Gasteiger partial charge in [-0.25, -0.2) is 0 Å². The molecule has 0 saturated heterocycles. The Balaban J connectivity index is 1.60. The van der Waals surface area contributed by atoms with Gasteiger partial charge in [0.2, 0.25) is 0 Å². The summed E-state index contributed by atoms with van der Waals surface area (Å²) in [5, 5.41) is 9.61. The number of ether oxygens (including phenoxy) is 2. The fourth-order valence-electron chi connectivity index (χ4n) is 4.08. The van der Waals surface area contributed by atoms with Crippen LogP contribution in [0.1, 0.15) is 66.6 Å². The molecule has 0 saturated carbocycles. The number of rotatable bonds is 12. The second-order valence-electron chi connectivity index (χ2n) is 9.27. The van der Waals surface area contributed by atoms with Crippen LogP contribution in [0.25, 0.3) is 0 Å². The summed E-state index contributed by atoms with van der Waals surface area (Å²) in [6, 6.07) is 27.6. The van der Waals surface area contributed by atoms with E-state index in [9.17, 15) is 9.90 Å². The molecule has 1 N–H and O–H groups in total. The third-order valence-corrected chi connectivity index (χ3v) is 6.23. The van der Waals surface area contributed by atoms with Crippen LogP contribution in [-0.4, -0.2) is 10.9 Å². The maximum Gasteiger partial charge on any atom is 0.193 e. The molecule has 0 unspecified atom stereocenters. The molecule has 0 aromatic heterocycles. The molecule has 4 aromatic rings. The van der Waals surface area contributed by atoms with Gasteiger partial charge in [0, 0.05) is 17.2 Å². The lowest BCUT2D eigenvalue weighted by atomic mass is 10.0. The Labute approximate surface area is 219 Å². The highest BCUT2D eigenvalue weighted by molar-refractivity contribution is 6.09. The van der Waals surface area contributed by atoms with Crippen LogP contribution in [0.15, 0.2) is 91.0 Å². The van der Waals surface area contributed by atoms with E-state index < -0.39 is 0 Å². The highest BCUT2D eigenvalue weighted by atomic mass is 16.5. The van der Waals surface area contributed by atoms with Gasteiger partial charge in [0.15, 0.2) is 5.78 Å². The van der Waals surface area contributed by atoms with Gasteiger partial charge in [-0.05, 0) is 97.5 Å². The van der Waals surface area contributed by atoms with Crippen LogP contribution in [-0.2, 0) is 12.8 Å². The first kappa shape index (κ1) is 26.0. The quantitative estimate of drug-likeness (QED) is 0.200. The lowest BCUT2D eigenvalue weighted by Crippen LogP contribution is -2.02. The summed E-state index contributed by atoms with van der Waals surface area (Å²) in [5.41, 5.74) is 3.47. The lowest BCUT2D eigenvalue weighted by molar-refractivity contribution is 0.103. The summed E-state index contributed by atoms with van der Waals surface area (Å²) in [5.74, 6) is 2.35. The first-order valence-corrected chi connectivity index (χ1v) is 13.1. The maximum atomic E-state index is 13.3. The van der Waals surface area contributed by atoms with Gasteiger partial charge in [-0.15, -0.1) is 0 Å². The number of unbranched alkanes of at least 4 members (excludes halogenated alkanes) is 2. The average Bonchev–Trinajstić information content (AvgIpc) is 2.92. The number of benzene rings is 4. The first-order valence-electron chi connectivity index (χ1n) is 13.1. The van der Waals surface area contributed by atoms with E-state index in [1.807, 2.05) is 24.3 Å². The molecule has 190 valence electrons. The van der Waals surface area contributed by atoms with E-state index in [1.54, 1.807) is 30.3 Å². The molecule has 0 amide bonds. The normalized spacial score (nSPS) is 10.8. The number of carbonyl (C=O) groups is 1. The number of phenolic OH excluding ortho intramolecular Hbond substituents is 1. The van der Waals surface area contributed by atoms with E-state index >= 15 is 0 Å². The molecule has 0 radical (unpaired) electrons. The van der Waals surface area contributed by atoms with Gasteiger partial charge in [0.1, 0.15) is 28.7 Å². The number of aromatic hydroxyl groups is 1. The average molecular weight is 495 g/mol. The van der Waals surface area contributed by atoms with Crippen molar-refractivity contribution in [2.75, 3.05) is 0 Å². The first-order chi connectivity index (χ1) is 18.0. The molecule has 4 rings (SSSR count). The van der Waals surface area contributed by atoms with Crippen molar-refractivity contribution >= 4 is 5.78 Å². The van der Waals surface area contributed by atoms with E-state index in [-0.39, 0.29) is 11.5 Å². The minimum atomic E-state index is -0.180. The summed E-state index contributed by atoms with van der Waals surface area (Å²) >= 11 is 0. The Morgan fingerprint density at radius 3 is 1.49 bits per heavy atom. The molecule has 0 spiro atoms. The predicted molar refractivity (Wildman–Crippen MR) is 148 cm³/mol. The molecule has 0 fully saturated rings. The van der Waals surface area contributed by atoms with Crippen LogP contribution in [0.3, 0.4) is 0 Å². The van der Waals surface area contributed by atoms with Crippen molar-refractivity contribution in [3.63, 3.8) is 0 Å². The number of phenols is 1. The molecular formula is C33H34O4. The van der Waals surface area contributed by atoms with Crippen LogP contribution < -0.4 is 9.47 Å². The van der Waals surface area contributed by atoms with Gasteiger partial charge < -0.3 is 14.6 Å². The van der Waals surface area contributed by atoms with Crippen LogP contribution in [0, 0.1) is 0 Å². The molecule has 4 heteroatoms. The van der Waals surface area contributed by atoms with Gasteiger partial charge in [-0.2, -0.15) is 0 Å². The van der Waals surface area contributed by atoms with E-state index in [0.29, 0.717) is 34.1 Å². The fraction of sp³-hybridized carbons (Fsp3) is 0.242. The highest BCUT2D eigenvalue weighted by Gasteiger charge is 2.14. The van der Waals surface area contributed by atoms with Crippen molar-refractivity contribution in [1.82, 2.24) is 0 Å². The number of hydrogen-bond donors (Lipinski definition) is 1. The summed E-state index contributed by atoms with van der Waals surface area (Å²) < 4.78 is 12.3. The van der Waals surface area contributed by atoms with Crippen LogP contribution >= 0.6 is 0 Å². The van der Waals surface area contributed by atoms with Crippen molar-refractivity contribution in [1.29, 1.82) is 0 Å². The molecule has 0 aliphatic rings. The van der Waals surface area contributed by atoms with E-state index in [1.165, 1.54) is 23.3 Å². The van der Waals surface area contributed by atoms with Crippen molar-refractivity contribution in [3.05, 3.63) is 113 Å². The van der Waals surface area contributed by atoms with E-state index in [4.69, 9.17) is 9.47 Å². The number of hydrogen-bond acceptors (Lipinski definition) is 4. The van der Waals surface area contributed by atoms with Gasteiger partial charge >= 0.3 is 0 Å². The molecular weight excluding hydrogens is 460 g/mol. The highest BCUT2D eigenvalue weighted by Crippen LogP contribution is 2.32. The molecule has 0 heterocycles. The fourth-order valence-corrected chi connectivity index (χ4v) is 4.08. The molecule has 0 bridgehead atoms. The summed E-state index contributed by atoms with van der Waals surface area (Å²) in [7, 11) is 0. The molecule has 4 nitrogen and oxygen atoms in total. The van der Waals surface area contributed by atoms with Crippen molar-refractivity contribution < 1.29 is 19.4 Å². The van der Waals surface area contributed by atoms with Gasteiger partial charge in [-0.1, -0.05) is 51.0 Å². The molecule has 0 aliphatic carbocycles. The second kappa shape index (κ2) is 12.8. The molecule has 4 aromatic carbocycles. The SMILES string of the molecule is CCCCc1ccc(Oc2cc(Oc3ccc(CCCC)cc3)cc(C(=O)c3ccc(O)cc3)c2)cc1. The summed E-state index contributed by atoms with van der Waals surface area (Å²) in [4.78, 5) is 13.3. The monoisotopic (exact) mass is 494 g/mol. The number of ketones is 1. The van der Waals surface area contributed by atoms with E-state index in [0.717, 1.165) is 38.5 Å². The summed E-state index contributed by atoms with van der Waals surface area (Å²) in [6.45, 7) is 4.37. The Morgan fingerprint density at radius 1 is 0.595 bits per heavy atom. The minimum Gasteiger partial charge on any atom is -0.508 e. The zero-order chi connectivity index (χ0) is 26.0. The lowest BCUT2D eigenvalue weighted by Gasteiger charge is -2.13. The maximum absolute atomic E-state index is 13.3. The van der Waals surface area contributed by atoms with Gasteiger partial charge in [0.05, 0.1) is 0 Å². The Morgan fingerprint density at radius 2 is 1.05 bits per heavy atom. The number of aryl methyl sites for hydroxylation is 2. The van der Waals surface area contributed by atoms with Gasteiger partial charge in [-0.3, -0.25) is 4.79 Å².